The van der Waals surface area contributed by atoms with E-state index in [1.54, 1.807) is 12.0 Å². The number of hydrogen-bond donors (Lipinski definition) is 0. The topological polar surface area (TPSA) is 41.9 Å². The molecular formula is C12H14N2O2. The van der Waals surface area contributed by atoms with Crippen LogP contribution in [0.15, 0.2) is 23.2 Å². The number of benzene rings is 1. The number of hydrogen-bond acceptors (Lipinski definition) is 3. The van der Waals surface area contributed by atoms with Gasteiger partial charge in [0.05, 0.1) is 12.8 Å². The molecule has 1 fully saturated rings. The highest BCUT2D eigenvalue weighted by molar-refractivity contribution is 5.97. The molecule has 0 atom stereocenters. The summed E-state index contributed by atoms with van der Waals surface area (Å²) in [6, 6.07) is 5.54. The van der Waals surface area contributed by atoms with Crippen molar-refractivity contribution in [2.24, 2.45) is 4.99 Å². The first-order valence-electron chi connectivity index (χ1n) is 5.22. The van der Waals surface area contributed by atoms with E-state index in [2.05, 4.69) is 11.7 Å². The molecule has 1 aliphatic heterocycles. The van der Waals surface area contributed by atoms with Crippen molar-refractivity contribution in [3.63, 3.8) is 0 Å². The third-order valence-corrected chi connectivity index (χ3v) is 2.71. The molecule has 0 radical (unpaired) electrons. The van der Waals surface area contributed by atoms with Crippen LogP contribution in [0.4, 0.5) is 11.4 Å². The third-order valence-electron chi connectivity index (χ3n) is 2.71. The molecule has 0 aromatic heterocycles. The van der Waals surface area contributed by atoms with Gasteiger partial charge in [-0.1, -0.05) is 6.07 Å². The molecule has 84 valence electrons. The maximum Gasteiger partial charge on any atom is 0.227 e. The van der Waals surface area contributed by atoms with E-state index in [1.807, 2.05) is 18.2 Å². The minimum atomic E-state index is 0.138. The summed E-state index contributed by atoms with van der Waals surface area (Å²) in [5, 5.41) is 0. The lowest BCUT2D eigenvalue weighted by atomic mass is 10.2. The predicted molar refractivity (Wildman–Crippen MR) is 63.8 cm³/mol. The molecule has 0 aliphatic carbocycles. The van der Waals surface area contributed by atoms with E-state index in [4.69, 9.17) is 4.74 Å². The Bertz CT molecular complexity index is 429. The van der Waals surface area contributed by atoms with E-state index >= 15 is 0 Å². The van der Waals surface area contributed by atoms with Gasteiger partial charge in [0, 0.05) is 13.0 Å². The van der Waals surface area contributed by atoms with E-state index in [-0.39, 0.29) is 5.91 Å². The quantitative estimate of drug-likeness (QED) is 0.729. The molecule has 16 heavy (non-hydrogen) atoms. The number of nitrogens with zero attached hydrogens (tertiary/aromatic N) is 2. The molecule has 4 heteroatoms. The minimum absolute atomic E-state index is 0.138. The molecule has 0 unspecified atom stereocenters. The van der Waals surface area contributed by atoms with Crippen LogP contribution in [0.2, 0.25) is 0 Å². The van der Waals surface area contributed by atoms with Crippen molar-refractivity contribution in [3.8, 4) is 5.75 Å². The molecule has 1 heterocycles. The zero-order chi connectivity index (χ0) is 11.5. The Morgan fingerprint density at radius 1 is 1.50 bits per heavy atom. The zero-order valence-corrected chi connectivity index (χ0v) is 9.27. The second kappa shape index (κ2) is 4.35. The van der Waals surface area contributed by atoms with Crippen LogP contribution in [0, 0.1) is 0 Å². The van der Waals surface area contributed by atoms with Gasteiger partial charge in [-0.15, -0.1) is 0 Å². The summed E-state index contributed by atoms with van der Waals surface area (Å²) >= 11 is 0. The van der Waals surface area contributed by atoms with Crippen LogP contribution < -0.4 is 9.64 Å². The van der Waals surface area contributed by atoms with Crippen molar-refractivity contribution in [1.82, 2.24) is 0 Å². The third kappa shape index (κ3) is 1.66. The fourth-order valence-electron chi connectivity index (χ4n) is 1.96. The number of carbonyl (C=O) groups excluding carboxylic acids is 1. The van der Waals surface area contributed by atoms with Crippen molar-refractivity contribution in [2.75, 3.05) is 18.6 Å². The van der Waals surface area contributed by atoms with Crippen LogP contribution in [0.1, 0.15) is 12.8 Å². The summed E-state index contributed by atoms with van der Waals surface area (Å²) in [5.41, 5.74) is 1.45. The highest BCUT2D eigenvalue weighted by Crippen LogP contribution is 2.38. The first-order chi connectivity index (χ1) is 7.77. The van der Waals surface area contributed by atoms with Crippen molar-refractivity contribution in [1.29, 1.82) is 0 Å². The Labute approximate surface area is 94.5 Å². The number of amides is 1. The van der Waals surface area contributed by atoms with Crippen molar-refractivity contribution in [3.05, 3.63) is 18.2 Å². The van der Waals surface area contributed by atoms with Crippen molar-refractivity contribution < 1.29 is 9.53 Å². The fourth-order valence-corrected chi connectivity index (χ4v) is 1.96. The molecule has 0 saturated carbocycles. The number of anilines is 1. The van der Waals surface area contributed by atoms with Gasteiger partial charge < -0.3 is 9.64 Å². The maximum atomic E-state index is 11.7. The van der Waals surface area contributed by atoms with Crippen LogP contribution in [0.25, 0.3) is 0 Å². The summed E-state index contributed by atoms with van der Waals surface area (Å²) in [5.74, 6) is 0.757. The molecule has 4 nitrogen and oxygen atoms in total. The Balaban J connectivity index is 2.47. The summed E-state index contributed by atoms with van der Waals surface area (Å²) < 4.78 is 5.30. The number of methoxy groups -OCH3 is 1. The van der Waals surface area contributed by atoms with Gasteiger partial charge in [-0.2, -0.15) is 0 Å². The number of rotatable bonds is 3. The number of para-hydroxylation sites is 1. The maximum absolute atomic E-state index is 11.7. The Hall–Kier alpha value is -1.84. The summed E-state index contributed by atoms with van der Waals surface area (Å²) in [7, 11) is 1.58. The molecule has 2 rings (SSSR count). The second-order valence-electron chi connectivity index (χ2n) is 3.64. The number of ether oxygens (including phenoxy) is 1. The Morgan fingerprint density at radius 3 is 2.88 bits per heavy atom. The average molecular weight is 218 g/mol. The van der Waals surface area contributed by atoms with Crippen LogP contribution >= 0.6 is 0 Å². The first-order valence-corrected chi connectivity index (χ1v) is 5.22. The van der Waals surface area contributed by atoms with E-state index in [0.717, 1.165) is 18.7 Å². The van der Waals surface area contributed by atoms with Gasteiger partial charge in [0.2, 0.25) is 5.91 Å². The summed E-state index contributed by atoms with van der Waals surface area (Å²) in [4.78, 5) is 17.3. The fraction of sp³-hybridized carbons (Fsp3) is 0.333. The SMILES string of the molecule is C=Nc1cccc(N2CCCC2=O)c1OC. The van der Waals surface area contributed by atoms with E-state index in [9.17, 15) is 4.79 Å². The molecule has 0 spiro atoms. The molecule has 0 bridgehead atoms. The molecule has 1 aliphatic rings. The molecule has 1 aromatic carbocycles. The highest BCUT2D eigenvalue weighted by Gasteiger charge is 2.25. The van der Waals surface area contributed by atoms with E-state index in [1.165, 1.54) is 0 Å². The van der Waals surface area contributed by atoms with Gasteiger partial charge in [-0.3, -0.25) is 9.79 Å². The van der Waals surface area contributed by atoms with E-state index < -0.39 is 0 Å². The second-order valence-corrected chi connectivity index (χ2v) is 3.64. The van der Waals surface area contributed by atoms with E-state index in [0.29, 0.717) is 17.9 Å². The van der Waals surface area contributed by atoms with Gasteiger partial charge in [0.1, 0.15) is 5.69 Å². The molecule has 1 amide bonds. The minimum Gasteiger partial charge on any atom is -0.492 e. The van der Waals surface area contributed by atoms with Crippen LogP contribution in [0.5, 0.6) is 5.75 Å². The van der Waals surface area contributed by atoms with Gasteiger partial charge >= 0.3 is 0 Å². The Morgan fingerprint density at radius 2 is 2.31 bits per heavy atom. The summed E-state index contributed by atoms with van der Waals surface area (Å²) in [6.45, 7) is 4.24. The zero-order valence-electron chi connectivity index (χ0n) is 9.27. The van der Waals surface area contributed by atoms with Gasteiger partial charge in [0.15, 0.2) is 5.75 Å². The van der Waals surface area contributed by atoms with Crippen LogP contribution in [-0.2, 0) is 4.79 Å². The molecular weight excluding hydrogens is 204 g/mol. The van der Waals surface area contributed by atoms with Crippen LogP contribution in [0.3, 0.4) is 0 Å². The molecule has 1 aromatic rings. The highest BCUT2D eigenvalue weighted by atomic mass is 16.5. The standard InChI is InChI=1S/C12H14N2O2/c1-13-9-5-3-6-10(12(9)16-2)14-8-4-7-11(14)15/h3,5-6H,1,4,7-8H2,2H3. The average Bonchev–Trinajstić information content (AvgIpc) is 2.74. The normalized spacial score (nSPS) is 15.3. The van der Waals surface area contributed by atoms with Crippen LogP contribution in [-0.4, -0.2) is 26.3 Å². The van der Waals surface area contributed by atoms with Gasteiger partial charge in [-0.25, -0.2) is 0 Å². The van der Waals surface area contributed by atoms with Crippen molar-refractivity contribution >= 4 is 24.0 Å². The lowest BCUT2D eigenvalue weighted by Gasteiger charge is -2.19. The smallest absolute Gasteiger partial charge is 0.227 e. The molecule has 1 saturated heterocycles. The lowest BCUT2D eigenvalue weighted by molar-refractivity contribution is -0.117. The lowest BCUT2D eigenvalue weighted by Crippen LogP contribution is -2.24. The van der Waals surface area contributed by atoms with Gasteiger partial charge in [-0.05, 0) is 25.3 Å². The number of carbonyl (C=O) groups is 1. The largest absolute Gasteiger partial charge is 0.492 e. The predicted octanol–water partition coefficient (Wildman–Crippen LogP) is 2.15. The monoisotopic (exact) mass is 218 g/mol. The van der Waals surface area contributed by atoms with Gasteiger partial charge in [0.25, 0.3) is 0 Å². The summed E-state index contributed by atoms with van der Waals surface area (Å²) in [6.07, 6.45) is 1.50. The first kappa shape index (κ1) is 10.7. The molecule has 0 N–H and O–H groups in total. The Kier molecular flexibility index (Phi) is 2.90. The van der Waals surface area contributed by atoms with Crippen molar-refractivity contribution in [2.45, 2.75) is 12.8 Å². The number of aliphatic imine (C=N–C) groups is 1.